The Labute approximate surface area is 152 Å². The fourth-order valence-corrected chi connectivity index (χ4v) is 3.34. The van der Waals surface area contributed by atoms with Crippen molar-refractivity contribution in [3.63, 3.8) is 0 Å². The molecule has 1 aromatic rings. The third kappa shape index (κ3) is 5.24. The number of amides is 1. The normalized spacial score (nSPS) is 19.5. The topological polar surface area (TPSA) is 72.8 Å². The number of aliphatic hydroxyl groups is 1. The van der Waals surface area contributed by atoms with Crippen LogP contribution in [0.3, 0.4) is 0 Å². The largest absolute Gasteiger partial charge is 0.508 e. The van der Waals surface area contributed by atoms with E-state index in [1.807, 2.05) is 0 Å². The van der Waals surface area contributed by atoms with Crippen LogP contribution in [0, 0.1) is 5.92 Å². The first-order valence-electron chi connectivity index (χ1n) is 8.29. The standard InChI is InChI=1S/C13H15Cl2NO3.C4H9N/c14-10-5-9(12(18)6-11(10)15)13(19)8-1-3-16(7-17)4-2-8;1-2-4-5-3-1/h5-8,13,18-19H,1-4H2;5H,1-4H2. The van der Waals surface area contributed by atoms with Gasteiger partial charge in [-0.1, -0.05) is 23.2 Å². The van der Waals surface area contributed by atoms with Crippen molar-refractivity contribution < 1.29 is 15.0 Å². The van der Waals surface area contributed by atoms with Crippen LogP contribution in [0.2, 0.25) is 10.0 Å². The molecule has 0 aliphatic carbocycles. The Morgan fingerprint density at radius 2 is 1.75 bits per heavy atom. The number of aromatic hydroxyl groups is 1. The van der Waals surface area contributed by atoms with Crippen molar-refractivity contribution in [3.05, 3.63) is 27.7 Å². The summed E-state index contributed by atoms with van der Waals surface area (Å²) in [7, 11) is 0. The molecular formula is C17H24Cl2N2O3. The second-order valence-electron chi connectivity index (χ2n) is 6.21. The Hall–Kier alpha value is -1.01. The van der Waals surface area contributed by atoms with E-state index in [0.29, 0.717) is 36.5 Å². The molecule has 1 aromatic carbocycles. The first kappa shape index (κ1) is 19.3. The first-order valence-corrected chi connectivity index (χ1v) is 9.04. The quantitative estimate of drug-likeness (QED) is 0.711. The SMILES string of the molecule is C1CCNC1.O=CN1CCC(C(O)c2cc(Cl)c(Cl)cc2O)CC1. The van der Waals surface area contributed by atoms with E-state index in [2.05, 4.69) is 5.32 Å². The summed E-state index contributed by atoms with van der Waals surface area (Å²) in [5, 5.41) is 24.0. The number of nitrogens with one attached hydrogen (secondary N) is 1. The molecule has 2 aliphatic rings. The summed E-state index contributed by atoms with van der Waals surface area (Å²) < 4.78 is 0. The van der Waals surface area contributed by atoms with Gasteiger partial charge >= 0.3 is 0 Å². The molecule has 3 rings (SSSR count). The highest BCUT2D eigenvalue weighted by Gasteiger charge is 2.27. The van der Waals surface area contributed by atoms with E-state index in [1.165, 1.54) is 38.1 Å². The molecule has 2 aliphatic heterocycles. The summed E-state index contributed by atoms with van der Waals surface area (Å²) in [6, 6.07) is 2.83. The Balaban J connectivity index is 0.000000355. The van der Waals surface area contributed by atoms with E-state index in [0.717, 1.165) is 6.41 Å². The lowest BCUT2D eigenvalue weighted by molar-refractivity contribution is -0.120. The van der Waals surface area contributed by atoms with Crippen molar-refractivity contribution in [2.75, 3.05) is 26.2 Å². The maximum Gasteiger partial charge on any atom is 0.209 e. The molecule has 0 radical (unpaired) electrons. The molecular weight excluding hydrogens is 351 g/mol. The predicted octanol–water partition coefficient (Wildman–Crippen LogP) is 2.97. The first-order chi connectivity index (χ1) is 11.5. The van der Waals surface area contributed by atoms with Crippen molar-refractivity contribution in [3.8, 4) is 5.75 Å². The van der Waals surface area contributed by atoms with Crippen molar-refractivity contribution >= 4 is 29.6 Å². The zero-order valence-electron chi connectivity index (χ0n) is 13.5. The summed E-state index contributed by atoms with van der Waals surface area (Å²) in [4.78, 5) is 12.3. The maximum absolute atomic E-state index is 10.6. The van der Waals surface area contributed by atoms with Crippen LogP contribution in [-0.4, -0.2) is 47.7 Å². The van der Waals surface area contributed by atoms with Crippen LogP contribution in [0.15, 0.2) is 12.1 Å². The molecule has 3 N–H and O–H groups in total. The molecule has 1 atom stereocenters. The monoisotopic (exact) mass is 374 g/mol. The van der Waals surface area contributed by atoms with Crippen molar-refractivity contribution in [1.29, 1.82) is 0 Å². The van der Waals surface area contributed by atoms with Crippen LogP contribution < -0.4 is 5.32 Å². The molecule has 1 amide bonds. The third-order valence-corrected chi connectivity index (χ3v) is 5.24. The smallest absolute Gasteiger partial charge is 0.209 e. The number of benzene rings is 1. The number of carbonyl (C=O) groups excluding carboxylic acids is 1. The van der Waals surface area contributed by atoms with Crippen LogP contribution in [0.1, 0.15) is 37.4 Å². The van der Waals surface area contributed by atoms with Gasteiger partial charge in [0, 0.05) is 24.7 Å². The number of piperidine rings is 1. The number of phenolic OH excluding ortho intramolecular Hbond substituents is 1. The molecule has 2 fully saturated rings. The van der Waals surface area contributed by atoms with E-state index in [1.54, 1.807) is 4.90 Å². The minimum absolute atomic E-state index is 0.000609. The van der Waals surface area contributed by atoms with Gasteiger partial charge in [0.15, 0.2) is 0 Å². The number of hydrogen-bond acceptors (Lipinski definition) is 4. The zero-order valence-corrected chi connectivity index (χ0v) is 15.1. The molecule has 0 spiro atoms. The lowest BCUT2D eigenvalue weighted by Crippen LogP contribution is -2.34. The third-order valence-electron chi connectivity index (χ3n) is 4.52. The lowest BCUT2D eigenvalue weighted by atomic mass is 9.87. The fraction of sp³-hybridized carbons (Fsp3) is 0.588. The summed E-state index contributed by atoms with van der Waals surface area (Å²) >= 11 is 11.7. The second-order valence-corrected chi connectivity index (χ2v) is 7.02. The van der Waals surface area contributed by atoms with E-state index in [-0.39, 0.29) is 16.7 Å². The number of aliphatic hydroxyl groups excluding tert-OH is 1. The number of hydrogen-bond donors (Lipinski definition) is 3. The van der Waals surface area contributed by atoms with Crippen molar-refractivity contribution in [2.45, 2.75) is 31.8 Å². The highest BCUT2D eigenvalue weighted by molar-refractivity contribution is 6.42. The van der Waals surface area contributed by atoms with Gasteiger partial charge in [0.05, 0.1) is 16.1 Å². The van der Waals surface area contributed by atoms with E-state index < -0.39 is 6.10 Å². The van der Waals surface area contributed by atoms with Gasteiger partial charge in [0.1, 0.15) is 5.75 Å². The Kier molecular flexibility index (Phi) is 7.62. The van der Waals surface area contributed by atoms with E-state index in [9.17, 15) is 15.0 Å². The summed E-state index contributed by atoms with van der Waals surface area (Å²) in [5.41, 5.74) is 0.388. The number of carbonyl (C=O) groups is 1. The average molecular weight is 375 g/mol. The second kappa shape index (κ2) is 9.47. The molecule has 1 unspecified atom stereocenters. The van der Waals surface area contributed by atoms with Gasteiger partial charge in [-0.05, 0) is 50.8 Å². The minimum atomic E-state index is -0.802. The lowest BCUT2D eigenvalue weighted by Gasteiger charge is -2.32. The van der Waals surface area contributed by atoms with Gasteiger partial charge in [-0.15, -0.1) is 0 Å². The van der Waals surface area contributed by atoms with Gasteiger partial charge < -0.3 is 20.4 Å². The summed E-state index contributed by atoms with van der Waals surface area (Å²) in [6.07, 6.45) is 4.18. The Morgan fingerprint density at radius 1 is 1.17 bits per heavy atom. The predicted molar refractivity (Wildman–Crippen MR) is 95.6 cm³/mol. The Bertz CT molecular complexity index is 537. The molecule has 0 aromatic heterocycles. The van der Waals surface area contributed by atoms with Gasteiger partial charge in [0.2, 0.25) is 6.41 Å². The Morgan fingerprint density at radius 3 is 2.25 bits per heavy atom. The van der Waals surface area contributed by atoms with Crippen molar-refractivity contribution in [2.24, 2.45) is 5.92 Å². The van der Waals surface area contributed by atoms with E-state index in [4.69, 9.17) is 23.2 Å². The number of nitrogens with zero attached hydrogens (tertiary/aromatic N) is 1. The summed E-state index contributed by atoms with van der Waals surface area (Å²) in [6.45, 7) is 3.74. The summed E-state index contributed by atoms with van der Waals surface area (Å²) in [5.74, 6) is -0.0564. The maximum atomic E-state index is 10.6. The van der Waals surface area contributed by atoms with Crippen LogP contribution in [0.4, 0.5) is 0 Å². The highest BCUT2D eigenvalue weighted by atomic mass is 35.5. The molecule has 7 heteroatoms. The zero-order chi connectivity index (χ0) is 17.5. The van der Waals surface area contributed by atoms with Gasteiger partial charge in [-0.25, -0.2) is 0 Å². The van der Waals surface area contributed by atoms with Crippen LogP contribution >= 0.6 is 23.2 Å². The number of phenols is 1. The van der Waals surface area contributed by atoms with Gasteiger partial charge in [0.25, 0.3) is 0 Å². The van der Waals surface area contributed by atoms with Crippen LogP contribution in [0.5, 0.6) is 5.75 Å². The molecule has 2 saturated heterocycles. The molecule has 134 valence electrons. The number of halogens is 2. The molecule has 0 saturated carbocycles. The van der Waals surface area contributed by atoms with Gasteiger partial charge in [-0.3, -0.25) is 4.79 Å². The number of rotatable bonds is 3. The average Bonchev–Trinajstić information content (AvgIpc) is 3.17. The van der Waals surface area contributed by atoms with Gasteiger partial charge in [-0.2, -0.15) is 0 Å². The molecule has 0 bridgehead atoms. The van der Waals surface area contributed by atoms with Crippen LogP contribution in [-0.2, 0) is 4.79 Å². The molecule has 24 heavy (non-hydrogen) atoms. The highest BCUT2D eigenvalue weighted by Crippen LogP contribution is 2.38. The molecule has 5 nitrogen and oxygen atoms in total. The fourth-order valence-electron chi connectivity index (χ4n) is 3.01. The number of likely N-dealkylation sites (tertiary alicyclic amines) is 1. The molecule has 2 heterocycles. The van der Waals surface area contributed by atoms with Crippen molar-refractivity contribution in [1.82, 2.24) is 10.2 Å². The minimum Gasteiger partial charge on any atom is -0.508 e. The van der Waals surface area contributed by atoms with Crippen LogP contribution in [0.25, 0.3) is 0 Å². The van der Waals surface area contributed by atoms with E-state index >= 15 is 0 Å².